The van der Waals surface area contributed by atoms with Gasteiger partial charge in [-0.3, -0.25) is 13.9 Å². The quantitative estimate of drug-likeness (QED) is 0.720. The summed E-state index contributed by atoms with van der Waals surface area (Å²) in [5.74, 6) is -1.04. The molecule has 0 spiro atoms. The predicted octanol–water partition coefficient (Wildman–Crippen LogP) is 3.15. The number of rotatable bonds is 6. The molecule has 3 aromatic rings. The standard InChI is InChI=1S/C19H20F2N4O2/c1-3-7-24-17-16(18(26)25(8-4-2)19(24)27)22-15(23-17)6-5-12-9-13(20)11-14(21)10-12/h5-6,9-11H,3-4,7-8H2,1-2H3,(H,22,23)/b6-5+. The molecule has 0 radical (unpaired) electrons. The van der Waals surface area contributed by atoms with E-state index in [4.69, 9.17) is 0 Å². The summed E-state index contributed by atoms with van der Waals surface area (Å²) < 4.78 is 29.3. The Balaban J connectivity index is 2.12. The van der Waals surface area contributed by atoms with Crippen LogP contribution in [0.2, 0.25) is 0 Å². The number of halogens is 2. The fourth-order valence-corrected chi connectivity index (χ4v) is 2.96. The molecule has 1 aromatic carbocycles. The second kappa shape index (κ2) is 7.69. The van der Waals surface area contributed by atoms with E-state index in [0.717, 1.165) is 6.07 Å². The predicted molar refractivity (Wildman–Crippen MR) is 100 cm³/mol. The van der Waals surface area contributed by atoms with Crippen LogP contribution in [-0.2, 0) is 13.1 Å². The minimum absolute atomic E-state index is 0.238. The maximum absolute atomic E-state index is 13.3. The molecule has 0 unspecified atom stereocenters. The van der Waals surface area contributed by atoms with Crippen molar-refractivity contribution >= 4 is 23.3 Å². The van der Waals surface area contributed by atoms with E-state index in [1.807, 2.05) is 13.8 Å². The average molecular weight is 374 g/mol. The van der Waals surface area contributed by atoms with E-state index in [0.29, 0.717) is 37.3 Å². The minimum atomic E-state index is -0.682. The first-order valence-electron chi connectivity index (χ1n) is 8.82. The molecule has 1 N–H and O–H groups in total. The van der Waals surface area contributed by atoms with Crippen molar-refractivity contribution in [2.24, 2.45) is 0 Å². The Labute approximate surface area is 153 Å². The molecule has 0 aliphatic rings. The van der Waals surface area contributed by atoms with Gasteiger partial charge >= 0.3 is 5.69 Å². The van der Waals surface area contributed by atoms with Crippen LogP contribution in [0.25, 0.3) is 23.3 Å². The molecular formula is C19H20F2N4O2. The molecule has 0 amide bonds. The van der Waals surface area contributed by atoms with Crippen LogP contribution in [0.1, 0.15) is 38.1 Å². The van der Waals surface area contributed by atoms with E-state index >= 15 is 0 Å². The van der Waals surface area contributed by atoms with Crippen molar-refractivity contribution < 1.29 is 8.78 Å². The Morgan fingerprint density at radius 1 is 1.00 bits per heavy atom. The lowest BCUT2D eigenvalue weighted by Gasteiger charge is -2.09. The van der Waals surface area contributed by atoms with E-state index in [-0.39, 0.29) is 16.9 Å². The number of H-pyrrole nitrogens is 1. The molecule has 8 heteroatoms. The summed E-state index contributed by atoms with van der Waals surface area (Å²) in [4.78, 5) is 32.5. The highest BCUT2D eigenvalue weighted by Gasteiger charge is 2.15. The Morgan fingerprint density at radius 2 is 1.63 bits per heavy atom. The highest BCUT2D eigenvalue weighted by Crippen LogP contribution is 2.13. The first-order valence-corrected chi connectivity index (χ1v) is 8.82. The highest BCUT2D eigenvalue weighted by molar-refractivity contribution is 5.75. The number of aryl methyl sites for hydroxylation is 1. The number of aromatic nitrogens is 4. The van der Waals surface area contributed by atoms with Crippen molar-refractivity contribution in [1.29, 1.82) is 0 Å². The van der Waals surface area contributed by atoms with Gasteiger partial charge < -0.3 is 4.98 Å². The molecule has 2 aromatic heterocycles. The molecule has 2 heterocycles. The average Bonchev–Trinajstić information content (AvgIpc) is 3.04. The van der Waals surface area contributed by atoms with Gasteiger partial charge in [-0.1, -0.05) is 19.9 Å². The molecule has 0 aliphatic carbocycles. The van der Waals surface area contributed by atoms with Crippen LogP contribution >= 0.6 is 0 Å². The summed E-state index contributed by atoms with van der Waals surface area (Å²) in [6.07, 6.45) is 4.36. The molecule has 27 heavy (non-hydrogen) atoms. The number of fused-ring (bicyclic) bond motifs is 1. The third-order valence-corrected chi connectivity index (χ3v) is 4.09. The van der Waals surface area contributed by atoms with Crippen LogP contribution in [0.4, 0.5) is 8.78 Å². The van der Waals surface area contributed by atoms with Gasteiger partial charge in [0.15, 0.2) is 5.65 Å². The summed E-state index contributed by atoms with van der Waals surface area (Å²) in [6.45, 7) is 4.57. The van der Waals surface area contributed by atoms with Crippen LogP contribution in [0.3, 0.4) is 0 Å². The van der Waals surface area contributed by atoms with Gasteiger partial charge in [-0.05, 0) is 36.6 Å². The maximum Gasteiger partial charge on any atom is 0.332 e. The third-order valence-electron chi connectivity index (χ3n) is 4.09. The Bertz CT molecular complexity index is 1100. The third kappa shape index (κ3) is 3.74. The molecular weight excluding hydrogens is 354 g/mol. The molecule has 0 fully saturated rings. The van der Waals surface area contributed by atoms with Crippen molar-refractivity contribution in [2.75, 3.05) is 0 Å². The van der Waals surface area contributed by atoms with E-state index in [1.54, 1.807) is 0 Å². The Kier molecular flexibility index (Phi) is 5.34. The van der Waals surface area contributed by atoms with Gasteiger partial charge in [0.05, 0.1) is 0 Å². The number of benzene rings is 1. The van der Waals surface area contributed by atoms with Crippen LogP contribution in [0.5, 0.6) is 0 Å². The Hall–Kier alpha value is -3.03. The fraction of sp³-hybridized carbons (Fsp3) is 0.316. The minimum Gasteiger partial charge on any atom is -0.333 e. The molecule has 3 rings (SSSR count). The number of hydrogen-bond donors (Lipinski definition) is 1. The van der Waals surface area contributed by atoms with Crippen molar-refractivity contribution in [3.63, 3.8) is 0 Å². The number of imidazole rings is 1. The molecule has 142 valence electrons. The molecule has 0 atom stereocenters. The van der Waals surface area contributed by atoms with Crippen LogP contribution in [0.15, 0.2) is 27.8 Å². The van der Waals surface area contributed by atoms with Crippen molar-refractivity contribution in [1.82, 2.24) is 19.1 Å². The first kappa shape index (κ1) is 18.8. The molecule has 0 saturated carbocycles. The van der Waals surface area contributed by atoms with Gasteiger partial charge in [0.1, 0.15) is 23.0 Å². The zero-order valence-corrected chi connectivity index (χ0v) is 15.1. The van der Waals surface area contributed by atoms with E-state index in [2.05, 4.69) is 9.97 Å². The molecule has 6 nitrogen and oxygen atoms in total. The zero-order valence-electron chi connectivity index (χ0n) is 15.1. The maximum atomic E-state index is 13.3. The van der Waals surface area contributed by atoms with Crippen molar-refractivity contribution in [3.05, 3.63) is 62.1 Å². The largest absolute Gasteiger partial charge is 0.333 e. The summed E-state index contributed by atoms with van der Waals surface area (Å²) in [5, 5.41) is 0. The lowest BCUT2D eigenvalue weighted by Crippen LogP contribution is -2.40. The van der Waals surface area contributed by atoms with E-state index in [9.17, 15) is 18.4 Å². The first-order chi connectivity index (χ1) is 12.9. The van der Waals surface area contributed by atoms with Gasteiger partial charge in [-0.25, -0.2) is 18.6 Å². The molecule has 0 saturated heterocycles. The summed E-state index contributed by atoms with van der Waals surface area (Å²) in [6, 6.07) is 3.16. The number of aromatic amines is 1. The number of nitrogens with one attached hydrogen (secondary N) is 1. The van der Waals surface area contributed by atoms with Gasteiger partial charge in [0.25, 0.3) is 5.56 Å². The van der Waals surface area contributed by atoms with Gasteiger partial charge in [0, 0.05) is 19.2 Å². The van der Waals surface area contributed by atoms with Gasteiger partial charge in [-0.2, -0.15) is 0 Å². The summed E-state index contributed by atoms with van der Waals surface area (Å²) >= 11 is 0. The van der Waals surface area contributed by atoms with E-state index < -0.39 is 17.2 Å². The zero-order chi connectivity index (χ0) is 19.6. The van der Waals surface area contributed by atoms with Crippen LogP contribution in [0, 0.1) is 11.6 Å². The summed E-state index contributed by atoms with van der Waals surface area (Å²) in [7, 11) is 0. The van der Waals surface area contributed by atoms with Crippen LogP contribution in [-0.4, -0.2) is 19.1 Å². The van der Waals surface area contributed by atoms with Gasteiger partial charge in [-0.15, -0.1) is 0 Å². The normalized spacial score (nSPS) is 11.7. The molecule has 0 bridgehead atoms. The van der Waals surface area contributed by atoms with Crippen molar-refractivity contribution in [2.45, 2.75) is 39.8 Å². The number of hydrogen-bond acceptors (Lipinski definition) is 3. The molecule has 0 aliphatic heterocycles. The fourth-order valence-electron chi connectivity index (χ4n) is 2.96. The van der Waals surface area contributed by atoms with Gasteiger partial charge in [0.2, 0.25) is 0 Å². The topological polar surface area (TPSA) is 72.7 Å². The Morgan fingerprint density at radius 3 is 2.26 bits per heavy atom. The summed E-state index contributed by atoms with van der Waals surface area (Å²) in [5.41, 5.74) is 0.0340. The lowest BCUT2D eigenvalue weighted by atomic mass is 10.2. The smallest absolute Gasteiger partial charge is 0.332 e. The second-order valence-corrected chi connectivity index (χ2v) is 6.25. The van der Waals surface area contributed by atoms with E-state index in [1.165, 1.54) is 33.4 Å². The van der Waals surface area contributed by atoms with Crippen molar-refractivity contribution in [3.8, 4) is 0 Å². The highest BCUT2D eigenvalue weighted by atomic mass is 19.1. The lowest BCUT2D eigenvalue weighted by molar-refractivity contribution is 0.555. The number of nitrogens with zero attached hydrogens (tertiary/aromatic N) is 3. The monoisotopic (exact) mass is 374 g/mol. The second-order valence-electron chi connectivity index (χ2n) is 6.25. The van der Waals surface area contributed by atoms with Crippen LogP contribution < -0.4 is 11.2 Å². The SMILES string of the molecule is CCCn1c(=O)c2[nH]c(/C=C/c3cc(F)cc(F)c3)nc2n(CCC)c1=O.